The quantitative estimate of drug-likeness (QED) is 0.834. The van der Waals surface area contributed by atoms with Crippen LogP contribution in [0.25, 0.3) is 0 Å². The number of nitrogens with one attached hydrogen (secondary N) is 2. The van der Waals surface area contributed by atoms with Gasteiger partial charge in [0.15, 0.2) is 0 Å². The van der Waals surface area contributed by atoms with Crippen LogP contribution in [0.1, 0.15) is 29.8 Å². The fourth-order valence-electron chi connectivity index (χ4n) is 2.00. The third-order valence-corrected chi connectivity index (χ3v) is 3.44. The molecule has 0 aliphatic heterocycles. The lowest BCUT2D eigenvalue weighted by molar-refractivity contribution is -0.141. The number of anilines is 1. The molecule has 0 radical (unpaired) electrons. The Bertz CT molecular complexity index is 756. The lowest BCUT2D eigenvalue weighted by Crippen LogP contribution is -2.37. The van der Waals surface area contributed by atoms with E-state index >= 15 is 0 Å². The number of hydrogen-bond acceptors (Lipinski definition) is 3. The van der Waals surface area contributed by atoms with Crippen molar-refractivity contribution in [3.8, 4) is 0 Å². The molecule has 0 spiro atoms. The second-order valence-corrected chi connectivity index (χ2v) is 5.49. The summed E-state index contributed by atoms with van der Waals surface area (Å²) in [4.78, 5) is 27.1. The molecular formula is C17H16F3N3O2. The van der Waals surface area contributed by atoms with Crippen LogP contribution >= 0.6 is 0 Å². The van der Waals surface area contributed by atoms with E-state index in [1.807, 2.05) is 6.92 Å². The van der Waals surface area contributed by atoms with Gasteiger partial charge >= 0.3 is 18.0 Å². The number of aryl methyl sites for hydroxylation is 1. The molecule has 8 heteroatoms. The number of rotatable bonds is 3. The highest BCUT2D eigenvalue weighted by atomic mass is 19.4. The molecule has 0 aliphatic carbocycles. The Kier molecular flexibility index (Phi) is 5.41. The number of alkyl halides is 3. The SMILES string of the molecule is Cc1ccc(NC(=O)C(=O)N[C@H](C)c2ccc(C(F)(F)F)nc2)cc1. The summed E-state index contributed by atoms with van der Waals surface area (Å²) in [5.74, 6) is -1.76. The van der Waals surface area contributed by atoms with E-state index in [9.17, 15) is 22.8 Å². The number of carbonyl (C=O) groups is 2. The van der Waals surface area contributed by atoms with E-state index in [1.54, 1.807) is 31.2 Å². The van der Waals surface area contributed by atoms with Crippen LogP contribution in [0.4, 0.5) is 18.9 Å². The van der Waals surface area contributed by atoms with E-state index < -0.39 is 29.7 Å². The summed E-state index contributed by atoms with van der Waals surface area (Å²) in [5, 5.41) is 4.85. The highest BCUT2D eigenvalue weighted by molar-refractivity contribution is 6.39. The minimum Gasteiger partial charge on any atom is -0.341 e. The van der Waals surface area contributed by atoms with Gasteiger partial charge < -0.3 is 10.6 Å². The zero-order chi connectivity index (χ0) is 18.6. The molecule has 0 aliphatic rings. The Labute approximate surface area is 142 Å². The van der Waals surface area contributed by atoms with Gasteiger partial charge in [0, 0.05) is 11.9 Å². The van der Waals surface area contributed by atoms with E-state index in [2.05, 4.69) is 15.6 Å². The number of halogens is 3. The molecule has 2 rings (SSSR count). The van der Waals surface area contributed by atoms with Crippen LogP contribution in [-0.4, -0.2) is 16.8 Å². The van der Waals surface area contributed by atoms with E-state index in [-0.39, 0.29) is 0 Å². The van der Waals surface area contributed by atoms with Crippen molar-refractivity contribution >= 4 is 17.5 Å². The van der Waals surface area contributed by atoms with Crippen LogP contribution in [0, 0.1) is 6.92 Å². The van der Waals surface area contributed by atoms with Crippen LogP contribution in [-0.2, 0) is 15.8 Å². The van der Waals surface area contributed by atoms with Gasteiger partial charge in [-0.2, -0.15) is 13.2 Å². The largest absolute Gasteiger partial charge is 0.433 e. The van der Waals surface area contributed by atoms with Crippen molar-refractivity contribution in [3.05, 3.63) is 59.4 Å². The molecule has 0 saturated carbocycles. The van der Waals surface area contributed by atoms with Gasteiger partial charge in [-0.05, 0) is 37.6 Å². The van der Waals surface area contributed by atoms with Crippen molar-refractivity contribution < 1.29 is 22.8 Å². The first kappa shape index (κ1) is 18.4. The maximum Gasteiger partial charge on any atom is 0.433 e. The predicted molar refractivity (Wildman–Crippen MR) is 85.6 cm³/mol. The molecule has 1 atom stereocenters. The number of amides is 2. The zero-order valence-corrected chi connectivity index (χ0v) is 13.5. The normalized spacial score (nSPS) is 12.4. The molecule has 1 aromatic carbocycles. The van der Waals surface area contributed by atoms with Crippen molar-refractivity contribution in [1.82, 2.24) is 10.3 Å². The predicted octanol–water partition coefficient (Wildman–Crippen LogP) is 3.22. The Morgan fingerprint density at radius 3 is 2.20 bits per heavy atom. The Hall–Kier alpha value is -2.90. The maximum atomic E-state index is 12.5. The molecule has 1 heterocycles. The van der Waals surface area contributed by atoms with Crippen LogP contribution in [0.2, 0.25) is 0 Å². The first-order valence-corrected chi connectivity index (χ1v) is 7.38. The average Bonchev–Trinajstić information content (AvgIpc) is 2.56. The van der Waals surface area contributed by atoms with Gasteiger partial charge in [0.2, 0.25) is 0 Å². The summed E-state index contributed by atoms with van der Waals surface area (Å²) < 4.78 is 37.5. The lowest BCUT2D eigenvalue weighted by atomic mass is 10.1. The van der Waals surface area contributed by atoms with E-state index in [0.29, 0.717) is 11.3 Å². The Morgan fingerprint density at radius 2 is 1.68 bits per heavy atom. The van der Waals surface area contributed by atoms with Gasteiger partial charge in [-0.15, -0.1) is 0 Å². The molecular weight excluding hydrogens is 335 g/mol. The molecule has 1 aromatic heterocycles. The minimum atomic E-state index is -4.53. The third kappa shape index (κ3) is 5.03. The van der Waals surface area contributed by atoms with Gasteiger partial charge in [0.25, 0.3) is 0 Å². The minimum absolute atomic E-state index is 0.351. The van der Waals surface area contributed by atoms with Crippen molar-refractivity contribution in [2.75, 3.05) is 5.32 Å². The summed E-state index contributed by atoms with van der Waals surface area (Å²) >= 11 is 0. The molecule has 25 heavy (non-hydrogen) atoms. The van der Waals surface area contributed by atoms with Crippen molar-refractivity contribution in [2.45, 2.75) is 26.1 Å². The lowest BCUT2D eigenvalue weighted by Gasteiger charge is -2.14. The average molecular weight is 351 g/mol. The van der Waals surface area contributed by atoms with Crippen LogP contribution < -0.4 is 10.6 Å². The summed E-state index contributed by atoms with van der Waals surface area (Å²) in [5.41, 5.74) is 0.803. The van der Waals surface area contributed by atoms with E-state index in [0.717, 1.165) is 17.8 Å². The molecule has 5 nitrogen and oxygen atoms in total. The molecule has 2 aromatic rings. The topological polar surface area (TPSA) is 71.1 Å². The highest BCUT2D eigenvalue weighted by Crippen LogP contribution is 2.27. The number of pyridine rings is 1. The summed E-state index contributed by atoms with van der Waals surface area (Å²) in [6.45, 7) is 3.43. The monoisotopic (exact) mass is 351 g/mol. The molecule has 2 N–H and O–H groups in total. The fraction of sp³-hybridized carbons (Fsp3) is 0.235. The molecule has 0 unspecified atom stereocenters. The number of carbonyl (C=O) groups excluding carboxylic acids is 2. The summed E-state index contributed by atoms with van der Waals surface area (Å²) in [7, 11) is 0. The van der Waals surface area contributed by atoms with Crippen molar-refractivity contribution in [1.29, 1.82) is 0 Å². The number of benzene rings is 1. The van der Waals surface area contributed by atoms with Gasteiger partial charge in [0.05, 0.1) is 6.04 Å². The zero-order valence-electron chi connectivity index (χ0n) is 13.5. The second-order valence-electron chi connectivity index (χ2n) is 5.49. The molecule has 0 bridgehead atoms. The molecule has 132 valence electrons. The van der Waals surface area contributed by atoms with Crippen LogP contribution in [0.15, 0.2) is 42.6 Å². The Morgan fingerprint density at radius 1 is 1.04 bits per heavy atom. The van der Waals surface area contributed by atoms with Crippen LogP contribution in [0.3, 0.4) is 0 Å². The fourth-order valence-corrected chi connectivity index (χ4v) is 2.00. The van der Waals surface area contributed by atoms with Crippen LogP contribution in [0.5, 0.6) is 0 Å². The van der Waals surface area contributed by atoms with Gasteiger partial charge in [0.1, 0.15) is 5.69 Å². The third-order valence-electron chi connectivity index (χ3n) is 3.44. The van der Waals surface area contributed by atoms with Gasteiger partial charge in [-0.25, -0.2) is 0 Å². The number of nitrogens with zero attached hydrogens (tertiary/aromatic N) is 1. The van der Waals surface area contributed by atoms with Gasteiger partial charge in [-0.1, -0.05) is 23.8 Å². The maximum absolute atomic E-state index is 12.5. The first-order chi connectivity index (χ1) is 11.7. The molecule has 0 saturated heterocycles. The van der Waals surface area contributed by atoms with Crippen molar-refractivity contribution in [3.63, 3.8) is 0 Å². The standard InChI is InChI=1S/C17H16F3N3O2/c1-10-3-6-13(7-4-10)23-16(25)15(24)22-11(2)12-5-8-14(21-9-12)17(18,19)20/h3-9,11H,1-2H3,(H,22,24)(H,23,25)/t11-/m1/s1. The molecule has 0 fully saturated rings. The number of aromatic nitrogens is 1. The second kappa shape index (κ2) is 7.33. The summed E-state index contributed by atoms with van der Waals surface area (Å²) in [6.07, 6.45) is -3.51. The smallest absolute Gasteiger partial charge is 0.341 e. The Balaban J connectivity index is 1.97. The molecule has 2 amide bonds. The van der Waals surface area contributed by atoms with Crippen molar-refractivity contribution in [2.24, 2.45) is 0 Å². The summed E-state index contributed by atoms with van der Waals surface area (Å²) in [6, 6.07) is 8.23. The van der Waals surface area contributed by atoms with Gasteiger partial charge in [-0.3, -0.25) is 14.6 Å². The number of hydrogen-bond donors (Lipinski definition) is 2. The van der Waals surface area contributed by atoms with E-state index in [1.165, 1.54) is 6.07 Å². The van der Waals surface area contributed by atoms with E-state index in [4.69, 9.17) is 0 Å². The first-order valence-electron chi connectivity index (χ1n) is 7.38. The highest BCUT2D eigenvalue weighted by Gasteiger charge is 2.32.